The molecule has 2 heterocycles. The summed E-state index contributed by atoms with van der Waals surface area (Å²) in [5, 5.41) is 7.82. The van der Waals surface area contributed by atoms with E-state index in [1.807, 2.05) is 18.2 Å². The van der Waals surface area contributed by atoms with E-state index in [0.29, 0.717) is 18.8 Å². The minimum absolute atomic E-state index is 0.196. The van der Waals surface area contributed by atoms with Crippen molar-refractivity contribution in [2.24, 2.45) is 0 Å². The van der Waals surface area contributed by atoms with Crippen LogP contribution in [0.25, 0.3) is 0 Å². The topological polar surface area (TPSA) is 79.1 Å². The van der Waals surface area contributed by atoms with E-state index in [1.165, 1.54) is 0 Å². The largest absolute Gasteiger partial charge is 0.458 e. The summed E-state index contributed by atoms with van der Waals surface area (Å²) in [5.74, 6) is -0.494. The number of aromatic nitrogens is 4. The highest BCUT2D eigenvalue weighted by molar-refractivity contribution is 5.88. The zero-order chi connectivity index (χ0) is 14.4. The smallest absolute Gasteiger partial charge is 0.360 e. The highest BCUT2D eigenvalue weighted by atomic mass is 16.6. The molecular weight excluding hydrogens is 260 g/mol. The molecule has 0 saturated heterocycles. The van der Waals surface area contributed by atoms with E-state index in [0.717, 1.165) is 5.69 Å². The summed E-state index contributed by atoms with van der Waals surface area (Å²) in [6, 6.07) is 5.63. The van der Waals surface area contributed by atoms with E-state index >= 15 is 0 Å². The van der Waals surface area contributed by atoms with Crippen LogP contribution in [-0.2, 0) is 16.0 Å². The van der Waals surface area contributed by atoms with Gasteiger partial charge in [0.15, 0.2) is 5.69 Å². The summed E-state index contributed by atoms with van der Waals surface area (Å²) in [4.78, 5) is 16.0. The molecule has 2 aromatic heterocycles. The molecule has 7 nitrogen and oxygen atoms in total. The first-order chi connectivity index (χ1) is 9.72. The van der Waals surface area contributed by atoms with Crippen molar-refractivity contribution in [1.82, 2.24) is 20.0 Å². The molecule has 0 aliphatic heterocycles. The van der Waals surface area contributed by atoms with Gasteiger partial charge in [0.25, 0.3) is 0 Å². The molecule has 0 bridgehead atoms. The van der Waals surface area contributed by atoms with Gasteiger partial charge in [0, 0.05) is 13.3 Å². The Labute approximate surface area is 116 Å². The SMILES string of the molecule is COCCOC(=O)c1nnn(Cc2ccccn2)c1C. The molecule has 2 rings (SSSR count). The van der Waals surface area contributed by atoms with Gasteiger partial charge in [0.2, 0.25) is 0 Å². The van der Waals surface area contributed by atoms with Crippen molar-refractivity contribution in [3.63, 3.8) is 0 Å². The average Bonchev–Trinajstić information content (AvgIpc) is 2.82. The molecular formula is C13H16N4O3. The summed E-state index contributed by atoms with van der Waals surface area (Å²) in [6.07, 6.45) is 1.71. The van der Waals surface area contributed by atoms with E-state index in [9.17, 15) is 4.79 Å². The van der Waals surface area contributed by atoms with E-state index in [4.69, 9.17) is 9.47 Å². The Bertz CT molecular complexity index is 568. The fraction of sp³-hybridized carbons (Fsp3) is 0.385. The van der Waals surface area contributed by atoms with Gasteiger partial charge in [-0.15, -0.1) is 5.10 Å². The molecule has 0 aliphatic carbocycles. The summed E-state index contributed by atoms with van der Waals surface area (Å²) in [5.41, 5.74) is 1.72. The standard InChI is InChI=1S/C13H16N4O3/c1-10-12(13(18)20-8-7-19-2)15-16-17(10)9-11-5-3-4-6-14-11/h3-6H,7-9H2,1-2H3. The van der Waals surface area contributed by atoms with Crippen molar-refractivity contribution >= 4 is 5.97 Å². The maximum Gasteiger partial charge on any atom is 0.360 e. The fourth-order valence-electron chi connectivity index (χ4n) is 1.63. The van der Waals surface area contributed by atoms with E-state index in [-0.39, 0.29) is 12.3 Å². The number of carbonyl (C=O) groups is 1. The second-order valence-electron chi connectivity index (χ2n) is 4.13. The first-order valence-electron chi connectivity index (χ1n) is 6.18. The molecule has 106 valence electrons. The molecule has 0 atom stereocenters. The van der Waals surface area contributed by atoms with Gasteiger partial charge in [-0.2, -0.15) is 0 Å². The monoisotopic (exact) mass is 276 g/mol. The zero-order valence-corrected chi connectivity index (χ0v) is 11.4. The van der Waals surface area contributed by atoms with Crippen LogP contribution in [-0.4, -0.2) is 46.3 Å². The first-order valence-corrected chi connectivity index (χ1v) is 6.18. The summed E-state index contributed by atoms with van der Waals surface area (Å²) in [6.45, 7) is 2.79. The molecule has 0 saturated carbocycles. The number of hydrogen-bond donors (Lipinski definition) is 0. The lowest BCUT2D eigenvalue weighted by molar-refractivity contribution is 0.0380. The van der Waals surface area contributed by atoms with Gasteiger partial charge in [-0.3, -0.25) is 4.98 Å². The predicted octanol–water partition coefficient (Wildman–Crippen LogP) is 0.833. The maximum absolute atomic E-state index is 11.8. The number of ether oxygens (including phenoxy) is 2. The minimum atomic E-state index is -0.494. The molecule has 0 radical (unpaired) electrons. The third-order valence-corrected chi connectivity index (χ3v) is 2.73. The quantitative estimate of drug-likeness (QED) is 0.574. The van der Waals surface area contributed by atoms with Crippen molar-refractivity contribution in [1.29, 1.82) is 0 Å². The molecule has 0 amide bonds. The molecule has 0 N–H and O–H groups in total. The molecule has 0 spiro atoms. The first kappa shape index (κ1) is 14.1. The number of methoxy groups -OCH3 is 1. The molecule has 20 heavy (non-hydrogen) atoms. The van der Waals surface area contributed by atoms with Crippen LogP contribution >= 0.6 is 0 Å². The second kappa shape index (κ2) is 6.76. The maximum atomic E-state index is 11.8. The number of nitrogens with zero attached hydrogens (tertiary/aromatic N) is 4. The Morgan fingerprint density at radius 1 is 1.35 bits per heavy atom. The van der Waals surface area contributed by atoms with Crippen LogP contribution < -0.4 is 0 Å². The number of esters is 1. The lowest BCUT2D eigenvalue weighted by Gasteiger charge is -2.04. The highest BCUT2D eigenvalue weighted by Gasteiger charge is 2.18. The summed E-state index contributed by atoms with van der Waals surface area (Å²) in [7, 11) is 1.54. The van der Waals surface area contributed by atoms with Crippen LogP contribution in [0.5, 0.6) is 0 Å². The lowest BCUT2D eigenvalue weighted by Crippen LogP contribution is -2.12. The number of hydrogen-bond acceptors (Lipinski definition) is 6. The summed E-state index contributed by atoms with van der Waals surface area (Å²) >= 11 is 0. The number of pyridine rings is 1. The van der Waals surface area contributed by atoms with Crippen LogP contribution in [0.15, 0.2) is 24.4 Å². The zero-order valence-electron chi connectivity index (χ0n) is 11.4. The van der Waals surface area contributed by atoms with Gasteiger partial charge in [-0.1, -0.05) is 11.3 Å². The van der Waals surface area contributed by atoms with E-state index in [2.05, 4.69) is 15.3 Å². The van der Waals surface area contributed by atoms with Crippen molar-refractivity contribution in [3.8, 4) is 0 Å². The average molecular weight is 276 g/mol. The number of carbonyl (C=O) groups excluding carboxylic acids is 1. The van der Waals surface area contributed by atoms with Crippen molar-refractivity contribution < 1.29 is 14.3 Å². The Morgan fingerprint density at radius 3 is 2.90 bits per heavy atom. The van der Waals surface area contributed by atoms with Crippen molar-refractivity contribution in [3.05, 3.63) is 41.5 Å². The van der Waals surface area contributed by atoms with Crippen LogP contribution in [0, 0.1) is 6.92 Å². The van der Waals surface area contributed by atoms with E-state index in [1.54, 1.807) is 24.9 Å². The molecule has 0 unspecified atom stereocenters. The van der Waals surface area contributed by atoms with Crippen LogP contribution in [0.2, 0.25) is 0 Å². The normalized spacial score (nSPS) is 10.5. The third kappa shape index (κ3) is 3.39. The van der Waals surface area contributed by atoms with Gasteiger partial charge < -0.3 is 9.47 Å². The van der Waals surface area contributed by atoms with Crippen LogP contribution in [0.1, 0.15) is 21.9 Å². The van der Waals surface area contributed by atoms with Gasteiger partial charge in [-0.25, -0.2) is 9.48 Å². The number of rotatable bonds is 6. The van der Waals surface area contributed by atoms with Crippen molar-refractivity contribution in [2.75, 3.05) is 20.3 Å². The van der Waals surface area contributed by atoms with Crippen LogP contribution in [0.4, 0.5) is 0 Å². The Balaban J connectivity index is 2.05. The Morgan fingerprint density at radius 2 is 2.20 bits per heavy atom. The predicted molar refractivity (Wildman–Crippen MR) is 70.3 cm³/mol. The Hall–Kier alpha value is -2.28. The minimum Gasteiger partial charge on any atom is -0.458 e. The second-order valence-corrected chi connectivity index (χ2v) is 4.13. The third-order valence-electron chi connectivity index (χ3n) is 2.73. The molecule has 2 aromatic rings. The van der Waals surface area contributed by atoms with Gasteiger partial charge >= 0.3 is 5.97 Å². The fourth-order valence-corrected chi connectivity index (χ4v) is 1.63. The molecule has 0 aliphatic rings. The highest BCUT2D eigenvalue weighted by Crippen LogP contribution is 2.07. The summed E-state index contributed by atoms with van der Waals surface area (Å²) < 4.78 is 11.5. The van der Waals surface area contributed by atoms with E-state index < -0.39 is 5.97 Å². The lowest BCUT2D eigenvalue weighted by atomic mass is 10.3. The van der Waals surface area contributed by atoms with Crippen molar-refractivity contribution in [2.45, 2.75) is 13.5 Å². The molecule has 0 fully saturated rings. The molecule has 0 aromatic carbocycles. The van der Waals surface area contributed by atoms with Gasteiger partial charge in [-0.05, 0) is 19.1 Å². The Kier molecular flexibility index (Phi) is 4.78. The van der Waals surface area contributed by atoms with Gasteiger partial charge in [0.05, 0.1) is 24.5 Å². The van der Waals surface area contributed by atoms with Crippen LogP contribution in [0.3, 0.4) is 0 Å². The van der Waals surface area contributed by atoms with Gasteiger partial charge in [0.1, 0.15) is 6.61 Å². The molecule has 7 heteroatoms.